The first-order valence-electron chi connectivity index (χ1n) is 11.7. The summed E-state index contributed by atoms with van der Waals surface area (Å²) in [6.45, 7) is 3.59. The molecule has 2 aromatic rings. The number of hydrogen-bond donors (Lipinski definition) is 4. The Morgan fingerprint density at radius 3 is 2.45 bits per heavy atom. The SMILES string of the molecule is CCOc1cc([C@@H]2NC(=O)NC(C)=C2C(=O)OC)ccc1OC[C@H](O)N/N=C\c1ccc(C(=O)OC)cc1. The second kappa shape index (κ2) is 13.1. The highest BCUT2D eigenvalue weighted by molar-refractivity contribution is 5.95. The van der Waals surface area contributed by atoms with Crippen LogP contribution >= 0.6 is 0 Å². The number of amides is 2. The van der Waals surface area contributed by atoms with E-state index < -0.39 is 30.2 Å². The Kier molecular flexibility index (Phi) is 9.66. The number of aliphatic hydroxyl groups is 1. The largest absolute Gasteiger partial charge is 0.490 e. The first kappa shape index (κ1) is 28.0. The van der Waals surface area contributed by atoms with Gasteiger partial charge in [-0.3, -0.25) is 5.43 Å². The molecule has 0 radical (unpaired) electrons. The number of nitrogens with one attached hydrogen (secondary N) is 3. The fourth-order valence-corrected chi connectivity index (χ4v) is 3.64. The molecule has 1 heterocycles. The quantitative estimate of drug-likeness (QED) is 0.149. The van der Waals surface area contributed by atoms with Gasteiger partial charge in [-0.2, -0.15) is 5.10 Å². The van der Waals surface area contributed by atoms with Gasteiger partial charge in [0, 0.05) is 5.70 Å². The number of methoxy groups -OCH3 is 2. The van der Waals surface area contributed by atoms with Gasteiger partial charge in [-0.25, -0.2) is 14.4 Å². The lowest BCUT2D eigenvalue weighted by molar-refractivity contribution is -0.136. The average molecular weight is 527 g/mol. The first-order chi connectivity index (χ1) is 18.3. The molecule has 0 aromatic heterocycles. The fourth-order valence-electron chi connectivity index (χ4n) is 3.64. The lowest BCUT2D eigenvalue weighted by Gasteiger charge is -2.28. The van der Waals surface area contributed by atoms with Gasteiger partial charge in [0.2, 0.25) is 0 Å². The summed E-state index contributed by atoms with van der Waals surface area (Å²) >= 11 is 0. The standard InChI is InChI=1S/C26H30N4O8/c1-5-37-20-12-18(23-22(25(33)36-4)15(2)28-26(34)29-23)10-11-19(20)38-14-21(31)30-27-13-16-6-8-17(9-7-16)24(32)35-3/h6-13,21,23,30-31H,5,14H2,1-4H3,(H2,28,29,34)/b27-13-/t21-,23-/m0/s1. The maximum absolute atomic E-state index is 12.4. The van der Waals surface area contributed by atoms with Crippen LogP contribution in [0.5, 0.6) is 11.5 Å². The molecule has 3 rings (SSSR count). The topological polar surface area (TPSA) is 157 Å². The second-order valence-electron chi connectivity index (χ2n) is 8.03. The summed E-state index contributed by atoms with van der Waals surface area (Å²) in [6, 6.07) is 10.3. The van der Waals surface area contributed by atoms with Crippen LogP contribution in [-0.4, -0.2) is 63.0 Å². The molecule has 1 aliphatic heterocycles. The van der Waals surface area contributed by atoms with E-state index in [9.17, 15) is 19.5 Å². The molecule has 1 aliphatic rings. The van der Waals surface area contributed by atoms with Crippen molar-refractivity contribution in [2.75, 3.05) is 27.4 Å². The van der Waals surface area contributed by atoms with E-state index in [1.54, 1.807) is 56.3 Å². The van der Waals surface area contributed by atoms with E-state index in [1.165, 1.54) is 20.4 Å². The molecule has 4 N–H and O–H groups in total. The van der Waals surface area contributed by atoms with Crippen molar-refractivity contribution in [3.63, 3.8) is 0 Å². The Labute approximate surface area is 219 Å². The number of carbonyl (C=O) groups is 3. The van der Waals surface area contributed by atoms with E-state index in [-0.39, 0.29) is 12.2 Å². The zero-order chi connectivity index (χ0) is 27.7. The number of urea groups is 1. The Hall–Kier alpha value is -4.58. The van der Waals surface area contributed by atoms with Crippen LogP contribution in [-0.2, 0) is 14.3 Å². The molecule has 38 heavy (non-hydrogen) atoms. The molecule has 0 saturated carbocycles. The van der Waals surface area contributed by atoms with Crippen molar-refractivity contribution >= 4 is 24.2 Å². The van der Waals surface area contributed by atoms with Gasteiger partial charge >= 0.3 is 18.0 Å². The highest BCUT2D eigenvalue weighted by Gasteiger charge is 2.32. The van der Waals surface area contributed by atoms with Crippen molar-refractivity contribution in [1.82, 2.24) is 16.1 Å². The van der Waals surface area contributed by atoms with E-state index in [1.807, 2.05) is 0 Å². The van der Waals surface area contributed by atoms with Crippen molar-refractivity contribution in [1.29, 1.82) is 0 Å². The van der Waals surface area contributed by atoms with E-state index in [2.05, 4.69) is 25.9 Å². The molecule has 0 saturated heterocycles. The highest BCUT2D eigenvalue weighted by atomic mass is 16.5. The number of rotatable bonds is 11. The van der Waals surface area contributed by atoms with Crippen molar-refractivity contribution in [3.05, 3.63) is 70.4 Å². The van der Waals surface area contributed by atoms with Gasteiger partial charge in [-0.1, -0.05) is 18.2 Å². The summed E-state index contributed by atoms with van der Waals surface area (Å²) in [7, 11) is 2.58. The van der Waals surface area contributed by atoms with Gasteiger partial charge in [-0.05, 0) is 49.2 Å². The first-order valence-corrected chi connectivity index (χ1v) is 11.7. The minimum atomic E-state index is -1.14. The van der Waals surface area contributed by atoms with E-state index in [0.717, 1.165) is 0 Å². The van der Waals surface area contributed by atoms with Gasteiger partial charge in [0.1, 0.15) is 6.61 Å². The monoisotopic (exact) mass is 526 g/mol. The Bertz CT molecular complexity index is 1230. The summed E-state index contributed by atoms with van der Waals surface area (Å²) in [5, 5.41) is 19.5. The summed E-state index contributed by atoms with van der Waals surface area (Å²) in [6.07, 6.45) is 0.335. The fraction of sp³-hybridized carbons (Fsp3) is 0.308. The molecule has 0 fully saturated rings. The molecule has 2 amide bonds. The molecule has 202 valence electrons. The maximum Gasteiger partial charge on any atom is 0.337 e. The molecular formula is C26H30N4O8. The molecule has 0 aliphatic carbocycles. The number of hydrazone groups is 1. The molecule has 12 heteroatoms. The van der Waals surface area contributed by atoms with Crippen molar-refractivity contribution in [2.24, 2.45) is 5.10 Å². The summed E-state index contributed by atoms with van der Waals surface area (Å²) < 4.78 is 21.0. The van der Waals surface area contributed by atoms with Crippen LogP contribution in [0.2, 0.25) is 0 Å². The van der Waals surface area contributed by atoms with Crippen LogP contribution in [0, 0.1) is 0 Å². The molecule has 2 aromatic carbocycles. The van der Waals surface area contributed by atoms with Crippen molar-refractivity contribution in [2.45, 2.75) is 26.1 Å². The lowest BCUT2D eigenvalue weighted by atomic mass is 9.95. The predicted octanol–water partition coefficient (Wildman–Crippen LogP) is 1.99. The number of hydrogen-bond acceptors (Lipinski definition) is 10. The average Bonchev–Trinajstić information content (AvgIpc) is 2.91. The summed E-state index contributed by atoms with van der Waals surface area (Å²) in [5.41, 5.74) is 4.90. The van der Waals surface area contributed by atoms with Gasteiger partial charge in [0.05, 0.1) is 44.2 Å². The second-order valence-corrected chi connectivity index (χ2v) is 8.03. The zero-order valence-electron chi connectivity index (χ0n) is 21.4. The smallest absolute Gasteiger partial charge is 0.337 e. The maximum atomic E-state index is 12.4. The normalized spacial score (nSPS) is 15.8. The van der Waals surface area contributed by atoms with Crippen LogP contribution < -0.4 is 25.5 Å². The summed E-state index contributed by atoms with van der Waals surface area (Å²) in [5.74, 6) is -0.303. The van der Waals surface area contributed by atoms with Crippen LogP contribution in [0.1, 0.15) is 41.4 Å². The number of esters is 2. The van der Waals surface area contributed by atoms with E-state index in [0.29, 0.717) is 40.5 Å². The van der Waals surface area contributed by atoms with Crippen LogP contribution in [0.4, 0.5) is 4.79 Å². The minimum absolute atomic E-state index is 0.158. The van der Waals surface area contributed by atoms with E-state index in [4.69, 9.17) is 14.2 Å². The number of ether oxygens (including phenoxy) is 4. The third-order valence-corrected chi connectivity index (χ3v) is 5.44. The van der Waals surface area contributed by atoms with Crippen LogP contribution in [0.15, 0.2) is 58.8 Å². The highest BCUT2D eigenvalue weighted by Crippen LogP contribution is 2.34. The number of aliphatic hydroxyl groups excluding tert-OH is 1. The van der Waals surface area contributed by atoms with Gasteiger partial charge in [-0.15, -0.1) is 0 Å². The van der Waals surface area contributed by atoms with Gasteiger partial charge in [0.15, 0.2) is 17.7 Å². The predicted molar refractivity (Wildman–Crippen MR) is 137 cm³/mol. The Morgan fingerprint density at radius 2 is 1.79 bits per heavy atom. The van der Waals surface area contributed by atoms with Crippen LogP contribution in [0.3, 0.4) is 0 Å². The van der Waals surface area contributed by atoms with Gasteiger partial charge < -0.3 is 34.7 Å². The van der Waals surface area contributed by atoms with Crippen molar-refractivity contribution < 1.29 is 38.4 Å². The number of nitrogens with zero attached hydrogens (tertiary/aromatic N) is 1. The third-order valence-electron chi connectivity index (χ3n) is 5.44. The van der Waals surface area contributed by atoms with Crippen molar-refractivity contribution in [3.8, 4) is 11.5 Å². The number of allylic oxidation sites excluding steroid dienone is 1. The lowest BCUT2D eigenvalue weighted by Crippen LogP contribution is -2.45. The van der Waals surface area contributed by atoms with Crippen LogP contribution in [0.25, 0.3) is 0 Å². The molecular weight excluding hydrogens is 496 g/mol. The third kappa shape index (κ3) is 7.01. The molecule has 0 bridgehead atoms. The zero-order valence-corrected chi connectivity index (χ0v) is 21.4. The molecule has 12 nitrogen and oxygen atoms in total. The molecule has 0 unspecified atom stereocenters. The van der Waals surface area contributed by atoms with Gasteiger partial charge in [0.25, 0.3) is 0 Å². The number of benzene rings is 2. The molecule has 0 spiro atoms. The number of carbonyl (C=O) groups excluding carboxylic acids is 3. The Morgan fingerprint density at radius 1 is 1.08 bits per heavy atom. The molecule has 2 atom stereocenters. The summed E-state index contributed by atoms with van der Waals surface area (Å²) in [4.78, 5) is 35.9. The Balaban J connectivity index is 1.66. The minimum Gasteiger partial charge on any atom is -0.490 e. The van der Waals surface area contributed by atoms with E-state index >= 15 is 0 Å².